The van der Waals surface area contributed by atoms with Gasteiger partial charge in [-0.05, 0) is 38.5 Å². The third-order valence-corrected chi connectivity index (χ3v) is 4.05. The largest absolute Gasteiger partial charge is 0.304 e. The maximum atomic E-state index is 4.39. The zero-order valence-electron chi connectivity index (χ0n) is 10.0. The lowest BCUT2D eigenvalue weighted by Crippen LogP contribution is -2.35. The van der Waals surface area contributed by atoms with E-state index < -0.39 is 0 Å². The highest BCUT2D eigenvalue weighted by atomic mass is 15.2. The first-order chi connectivity index (χ1) is 7.74. The number of nitrogens with zero attached hydrogens (tertiary/aromatic N) is 2. The van der Waals surface area contributed by atoms with Crippen LogP contribution in [0.25, 0.3) is 0 Å². The van der Waals surface area contributed by atoms with Gasteiger partial charge in [-0.15, -0.1) is 0 Å². The van der Waals surface area contributed by atoms with Crippen LogP contribution in [0.1, 0.15) is 50.3 Å². The summed E-state index contributed by atoms with van der Waals surface area (Å²) in [4.78, 5) is 4.39. The SMILES string of the molecule is Cc1nc(C(C)NC2CCC[C@H]3C[C@@H]23)n[nH]1. The van der Waals surface area contributed by atoms with Crippen LogP contribution in [0.5, 0.6) is 0 Å². The fraction of sp³-hybridized carbons (Fsp3) is 0.833. The summed E-state index contributed by atoms with van der Waals surface area (Å²) >= 11 is 0. The van der Waals surface area contributed by atoms with E-state index in [1.807, 2.05) is 6.92 Å². The first kappa shape index (κ1) is 10.3. The first-order valence-corrected chi connectivity index (χ1v) is 6.39. The predicted molar refractivity (Wildman–Crippen MR) is 61.9 cm³/mol. The molecule has 1 aromatic rings. The van der Waals surface area contributed by atoms with E-state index in [4.69, 9.17) is 0 Å². The molecule has 0 aromatic carbocycles. The number of hydrogen-bond acceptors (Lipinski definition) is 3. The summed E-state index contributed by atoms with van der Waals surface area (Å²) in [5.74, 6) is 3.76. The number of aromatic nitrogens is 3. The Morgan fingerprint density at radius 2 is 2.31 bits per heavy atom. The molecule has 1 aromatic heterocycles. The van der Waals surface area contributed by atoms with Crippen LogP contribution in [0.15, 0.2) is 0 Å². The highest BCUT2D eigenvalue weighted by Crippen LogP contribution is 2.49. The second-order valence-corrected chi connectivity index (χ2v) is 5.36. The number of H-pyrrole nitrogens is 1. The van der Waals surface area contributed by atoms with E-state index in [2.05, 4.69) is 27.4 Å². The Morgan fingerprint density at radius 3 is 3.06 bits per heavy atom. The Hall–Kier alpha value is -0.900. The van der Waals surface area contributed by atoms with Crippen LogP contribution >= 0.6 is 0 Å². The van der Waals surface area contributed by atoms with E-state index in [1.165, 1.54) is 25.7 Å². The van der Waals surface area contributed by atoms with Gasteiger partial charge >= 0.3 is 0 Å². The molecular weight excluding hydrogens is 200 g/mol. The summed E-state index contributed by atoms with van der Waals surface area (Å²) in [7, 11) is 0. The Morgan fingerprint density at radius 1 is 1.44 bits per heavy atom. The van der Waals surface area contributed by atoms with Gasteiger partial charge in [0.25, 0.3) is 0 Å². The van der Waals surface area contributed by atoms with Gasteiger partial charge in [-0.25, -0.2) is 4.98 Å². The summed E-state index contributed by atoms with van der Waals surface area (Å²) in [5, 5.41) is 10.8. The quantitative estimate of drug-likeness (QED) is 0.818. The van der Waals surface area contributed by atoms with Crippen LogP contribution in [0.4, 0.5) is 0 Å². The zero-order valence-corrected chi connectivity index (χ0v) is 10.0. The second kappa shape index (κ2) is 3.84. The molecule has 16 heavy (non-hydrogen) atoms. The smallest absolute Gasteiger partial charge is 0.167 e. The van der Waals surface area contributed by atoms with Crippen molar-refractivity contribution in [3.05, 3.63) is 11.6 Å². The lowest BCUT2D eigenvalue weighted by molar-refractivity contribution is 0.324. The first-order valence-electron chi connectivity index (χ1n) is 6.39. The van der Waals surface area contributed by atoms with Crippen LogP contribution in [0.3, 0.4) is 0 Å². The number of hydrogen-bond donors (Lipinski definition) is 2. The molecule has 0 bridgehead atoms. The number of aromatic amines is 1. The van der Waals surface area contributed by atoms with Crippen molar-refractivity contribution < 1.29 is 0 Å². The monoisotopic (exact) mass is 220 g/mol. The Labute approximate surface area is 96.2 Å². The van der Waals surface area contributed by atoms with Crippen molar-refractivity contribution in [3.8, 4) is 0 Å². The van der Waals surface area contributed by atoms with Crippen molar-refractivity contribution in [1.82, 2.24) is 20.5 Å². The highest BCUT2D eigenvalue weighted by molar-refractivity contribution is 5.01. The third-order valence-electron chi connectivity index (χ3n) is 4.05. The zero-order chi connectivity index (χ0) is 11.1. The van der Waals surface area contributed by atoms with E-state index in [9.17, 15) is 0 Å². The van der Waals surface area contributed by atoms with Crippen LogP contribution in [-0.4, -0.2) is 21.2 Å². The molecular formula is C12H20N4. The molecule has 3 rings (SSSR count). The van der Waals surface area contributed by atoms with Gasteiger partial charge in [0.2, 0.25) is 0 Å². The van der Waals surface area contributed by atoms with Crippen molar-refractivity contribution in [2.24, 2.45) is 11.8 Å². The maximum Gasteiger partial charge on any atom is 0.167 e. The number of rotatable bonds is 3. The van der Waals surface area contributed by atoms with Crippen molar-refractivity contribution in [2.45, 2.75) is 51.6 Å². The minimum absolute atomic E-state index is 0.272. The van der Waals surface area contributed by atoms with E-state index in [-0.39, 0.29) is 6.04 Å². The van der Waals surface area contributed by atoms with Gasteiger partial charge in [0.15, 0.2) is 5.82 Å². The van der Waals surface area contributed by atoms with Gasteiger partial charge < -0.3 is 5.32 Å². The summed E-state index contributed by atoms with van der Waals surface area (Å²) < 4.78 is 0. The molecule has 0 saturated heterocycles. The molecule has 0 radical (unpaired) electrons. The third kappa shape index (κ3) is 1.86. The molecule has 88 valence electrons. The number of aryl methyl sites for hydroxylation is 1. The van der Waals surface area contributed by atoms with Crippen LogP contribution in [0.2, 0.25) is 0 Å². The fourth-order valence-corrected chi connectivity index (χ4v) is 3.07. The molecule has 0 amide bonds. The van der Waals surface area contributed by atoms with E-state index in [0.29, 0.717) is 6.04 Å². The molecule has 2 unspecified atom stereocenters. The minimum atomic E-state index is 0.272. The molecule has 4 nitrogen and oxygen atoms in total. The molecule has 2 saturated carbocycles. The van der Waals surface area contributed by atoms with Gasteiger partial charge in [0, 0.05) is 6.04 Å². The number of nitrogens with one attached hydrogen (secondary N) is 2. The number of fused-ring (bicyclic) bond motifs is 1. The van der Waals surface area contributed by atoms with Gasteiger partial charge in [0.1, 0.15) is 5.82 Å². The molecule has 2 aliphatic rings. The van der Waals surface area contributed by atoms with E-state index in [0.717, 1.165) is 23.5 Å². The second-order valence-electron chi connectivity index (χ2n) is 5.36. The van der Waals surface area contributed by atoms with Crippen molar-refractivity contribution in [3.63, 3.8) is 0 Å². The predicted octanol–water partition coefficient (Wildman–Crippen LogP) is 1.95. The Balaban J connectivity index is 1.61. The molecule has 0 aliphatic heterocycles. The molecule has 2 fully saturated rings. The van der Waals surface area contributed by atoms with Crippen molar-refractivity contribution in [1.29, 1.82) is 0 Å². The van der Waals surface area contributed by atoms with Crippen molar-refractivity contribution >= 4 is 0 Å². The topological polar surface area (TPSA) is 53.6 Å². The average molecular weight is 220 g/mol. The Kier molecular flexibility index (Phi) is 2.46. The normalized spacial score (nSPS) is 34.5. The van der Waals surface area contributed by atoms with Crippen LogP contribution < -0.4 is 5.32 Å². The van der Waals surface area contributed by atoms with Crippen LogP contribution in [0, 0.1) is 18.8 Å². The minimum Gasteiger partial charge on any atom is -0.304 e. The molecule has 4 heteroatoms. The maximum absolute atomic E-state index is 4.39. The van der Waals surface area contributed by atoms with Gasteiger partial charge in [0.05, 0.1) is 6.04 Å². The molecule has 0 spiro atoms. The van der Waals surface area contributed by atoms with Crippen LogP contribution in [-0.2, 0) is 0 Å². The molecule has 2 aliphatic carbocycles. The highest BCUT2D eigenvalue weighted by Gasteiger charge is 2.45. The average Bonchev–Trinajstić information content (AvgIpc) is 2.94. The van der Waals surface area contributed by atoms with Crippen molar-refractivity contribution in [2.75, 3.05) is 0 Å². The summed E-state index contributed by atoms with van der Waals surface area (Å²) in [6.45, 7) is 4.11. The fourth-order valence-electron chi connectivity index (χ4n) is 3.07. The summed E-state index contributed by atoms with van der Waals surface area (Å²) in [6.07, 6.45) is 5.61. The lowest BCUT2D eigenvalue weighted by atomic mass is 9.95. The van der Waals surface area contributed by atoms with Gasteiger partial charge in [-0.2, -0.15) is 5.10 Å². The van der Waals surface area contributed by atoms with E-state index >= 15 is 0 Å². The van der Waals surface area contributed by atoms with Gasteiger partial charge in [-0.3, -0.25) is 5.10 Å². The molecule has 2 N–H and O–H groups in total. The summed E-state index contributed by atoms with van der Waals surface area (Å²) in [6, 6.07) is 0.974. The van der Waals surface area contributed by atoms with Gasteiger partial charge in [-0.1, -0.05) is 12.8 Å². The standard InChI is InChI=1S/C12H20N4/c1-7(12-14-8(2)15-16-12)13-11-5-3-4-9-6-10(9)11/h7,9-11,13H,3-6H2,1-2H3,(H,14,15,16)/t7?,9-,10+,11?/m0/s1. The summed E-state index contributed by atoms with van der Waals surface area (Å²) in [5.41, 5.74) is 0. The molecule has 1 heterocycles. The lowest BCUT2D eigenvalue weighted by Gasteiger charge is -2.25. The molecule has 4 atom stereocenters. The van der Waals surface area contributed by atoms with E-state index in [1.54, 1.807) is 0 Å². The Bertz CT molecular complexity index is 373.